The molecule has 2 aromatic rings. The average molecular weight is 300 g/mol. The number of phenols is 1. The van der Waals surface area contributed by atoms with Gasteiger partial charge < -0.3 is 15.2 Å². The van der Waals surface area contributed by atoms with Crippen molar-refractivity contribution in [1.82, 2.24) is 0 Å². The number of benzene rings is 2. The standard InChI is InChI=1S/C15H12N2O5/c18-14-6-9(2-4-13(14)17(20)21)15(19)16-12-3-1-10-7-22-8-11(10)5-12/h1-6,18H,7-8H2,(H,16,19). The summed E-state index contributed by atoms with van der Waals surface area (Å²) >= 11 is 0. The summed E-state index contributed by atoms with van der Waals surface area (Å²) in [4.78, 5) is 22.0. The van der Waals surface area contributed by atoms with E-state index >= 15 is 0 Å². The molecule has 1 heterocycles. The van der Waals surface area contributed by atoms with Crippen LogP contribution in [0.4, 0.5) is 11.4 Å². The number of nitrogens with one attached hydrogen (secondary N) is 1. The van der Waals surface area contributed by atoms with Crippen molar-refractivity contribution in [3.8, 4) is 5.75 Å². The number of aromatic hydroxyl groups is 1. The van der Waals surface area contributed by atoms with E-state index in [-0.39, 0.29) is 5.56 Å². The van der Waals surface area contributed by atoms with Gasteiger partial charge in [-0.25, -0.2) is 0 Å². The zero-order valence-electron chi connectivity index (χ0n) is 11.4. The normalized spacial score (nSPS) is 12.7. The quantitative estimate of drug-likeness (QED) is 0.670. The molecule has 0 unspecified atom stereocenters. The van der Waals surface area contributed by atoms with Crippen LogP contribution in [0, 0.1) is 10.1 Å². The molecule has 0 aromatic heterocycles. The van der Waals surface area contributed by atoms with Crippen LogP contribution < -0.4 is 5.32 Å². The smallest absolute Gasteiger partial charge is 0.310 e. The van der Waals surface area contributed by atoms with Gasteiger partial charge in [-0.05, 0) is 35.4 Å². The van der Waals surface area contributed by atoms with Gasteiger partial charge in [-0.2, -0.15) is 0 Å². The third-order valence-electron chi connectivity index (χ3n) is 3.41. The molecule has 0 fully saturated rings. The van der Waals surface area contributed by atoms with Crippen molar-refractivity contribution in [3.63, 3.8) is 0 Å². The van der Waals surface area contributed by atoms with E-state index in [1.54, 1.807) is 6.07 Å². The number of phenolic OH excluding ortho intramolecular Hbond substituents is 1. The molecular weight excluding hydrogens is 288 g/mol. The van der Waals surface area contributed by atoms with E-state index in [1.165, 1.54) is 6.07 Å². The lowest BCUT2D eigenvalue weighted by atomic mass is 10.1. The van der Waals surface area contributed by atoms with E-state index in [0.717, 1.165) is 23.3 Å². The van der Waals surface area contributed by atoms with Gasteiger partial charge in [0.2, 0.25) is 0 Å². The first kappa shape index (κ1) is 14.0. The fraction of sp³-hybridized carbons (Fsp3) is 0.133. The van der Waals surface area contributed by atoms with Crippen molar-refractivity contribution >= 4 is 17.3 Å². The largest absolute Gasteiger partial charge is 0.502 e. The molecular formula is C15H12N2O5. The first-order valence-corrected chi connectivity index (χ1v) is 6.53. The topological polar surface area (TPSA) is 102 Å². The minimum Gasteiger partial charge on any atom is -0.502 e. The van der Waals surface area contributed by atoms with Gasteiger partial charge in [-0.1, -0.05) is 6.07 Å². The van der Waals surface area contributed by atoms with Gasteiger partial charge >= 0.3 is 5.69 Å². The zero-order valence-corrected chi connectivity index (χ0v) is 11.4. The van der Waals surface area contributed by atoms with Crippen molar-refractivity contribution in [3.05, 3.63) is 63.2 Å². The molecule has 0 spiro atoms. The number of hydrogen-bond acceptors (Lipinski definition) is 5. The summed E-state index contributed by atoms with van der Waals surface area (Å²) < 4.78 is 5.30. The fourth-order valence-electron chi connectivity index (χ4n) is 2.27. The number of carbonyl (C=O) groups is 1. The molecule has 7 heteroatoms. The highest BCUT2D eigenvalue weighted by Gasteiger charge is 2.17. The van der Waals surface area contributed by atoms with Crippen LogP contribution in [-0.2, 0) is 18.0 Å². The summed E-state index contributed by atoms with van der Waals surface area (Å²) in [7, 11) is 0. The van der Waals surface area contributed by atoms with Gasteiger partial charge in [-0.15, -0.1) is 0 Å². The van der Waals surface area contributed by atoms with Gasteiger partial charge in [0.1, 0.15) is 0 Å². The van der Waals surface area contributed by atoms with Gasteiger partial charge in [0.05, 0.1) is 18.1 Å². The van der Waals surface area contributed by atoms with E-state index in [9.17, 15) is 20.0 Å². The van der Waals surface area contributed by atoms with Crippen LogP contribution in [0.5, 0.6) is 5.75 Å². The summed E-state index contributed by atoms with van der Waals surface area (Å²) in [6.07, 6.45) is 0. The van der Waals surface area contributed by atoms with Crippen molar-refractivity contribution in [2.45, 2.75) is 13.2 Å². The van der Waals surface area contributed by atoms with Gasteiger partial charge in [-0.3, -0.25) is 14.9 Å². The molecule has 2 aromatic carbocycles. The van der Waals surface area contributed by atoms with Crippen LogP contribution in [0.25, 0.3) is 0 Å². The molecule has 1 amide bonds. The number of nitrogens with zero attached hydrogens (tertiary/aromatic N) is 1. The Morgan fingerprint density at radius 3 is 2.68 bits per heavy atom. The Morgan fingerprint density at radius 1 is 1.18 bits per heavy atom. The molecule has 2 N–H and O–H groups in total. The number of nitro benzene ring substituents is 1. The Balaban J connectivity index is 1.80. The second-order valence-corrected chi connectivity index (χ2v) is 4.89. The Morgan fingerprint density at radius 2 is 1.95 bits per heavy atom. The molecule has 0 aliphatic carbocycles. The minimum atomic E-state index is -0.711. The van der Waals surface area contributed by atoms with Crippen molar-refractivity contribution < 1.29 is 19.6 Å². The van der Waals surface area contributed by atoms with Gasteiger partial charge in [0.15, 0.2) is 5.75 Å². The summed E-state index contributed by atoms with van der Waals surface area (Å²) in [5.41, 5.74) is 2.41. The molecule has 0 atom stereocenters. The van der Waals surface area contributed by atoms with Gasteiger partial charge in [0, 0.05) is 17.3 Å². The number of fused-ring (bicyclic) bond motifs is 1. The van der Waals surface area contributed by atoms with Crippen molar-refractivity contribution in [1.29, 1.82) is 0 Å². The Bertz CT molecular complexity index is 773. The number of anilines is 1. The first-order valence-electron chi connectivity index (χ1n) is 6.53. The molecule has 7 nitrogen and oxygen atoms in total. The second kappa shape index (κ2) is 5.45. The lowest BCUT2D eigenvalue weighted by Crippen LogP contribution is -2.12. The zero-order chi connectivity index (χ0) is 15.7. The summed E-state index contributed by atoms with van der Waals surface area (Å²) in [5.74, 6) is -0.996. The van der Waals surface area contributed by atoms with Crippen LogP contribution >= 0.6 is 0 Å². The van der Waals surface area contributed by atoms with Crippen LogP contribution in [0.2, 0.25) is 0 Å². The van der Waals surface area contributed by atoms with E-state index in [2.05, 4.69) is 5.32 Å². The van der Waals surface area contributed by atoms with E-state index in [0.29, 0.717) is 18.9 Å². The van der Waals surface area contributed by atoms with Crippen molar-refractivity contribution in [2.24, 2.45) is 0 Å². The molecule has 0 radical (unpaired) electrons. The molecule has 0 saturated heterocycles. The maximum atomic E-state index is 12.1. The molecule has 1 aliphatic heterocycles. The Labute approximate surface area is 125 Å². The molecule has 0 saturated carbocycles. The highest BCUT2D eigenvalue weighted by atomic mass is 16.6. The number of nitro groups is 1. The van der Waals surface area contributed by atoms with E-state index in [4.69, 9.17) is 4.74 Å². The number of ether oxygens (including phenoxy) is 1. The Kier molecular flexibility index (Phi) is 3.48. The van der Waals surface area contributed by atoms with Crippen LogP contribution in [0.15, 0.2) is 36.4 Å². The predicted octanol–water partition coefficient (Wildman–Crippen LogP) is 2.58. The number of hydrogen-bond donors (Lipinski definition) is 2. The van der Waals surface area contributed by atoms with Gasteiger partial charge in [0.25, 0.3) is 5.91 Å². The monoisotopic (exact) mass is 300 g/mol. The number of carbonyl (C=O) groups excluding carboxylic acids is 1. The average Bonchev–Trinajstić information content (AvgIpc) is 2.94. The molecule has 3 rings (SSSR count). The maximum Gasteiger partial charge on any atom is 0.310 e. The minimum absolute atomic E-state index is 0.139. The van der Waals surface area contributed by atoms with Crippen LogP contribution in [0.1, 0.15) is 21.5 Å². The van der Waals surface area contributed by atoms with E-state index in [1.807, 2.05) is 12.1 Å². The summed E-state index contributed by atoms with van der Waals surface area (Å²) in [6.45, 7) is 1.08. The summed E-state index contributed by atoms with van der Waals surface area (Å²) in [5, 5.41) is 22.9. The third-order valence-corrected chi connectivity index (χ3v) is 3.41. The highest BCUT2D eigenvalue weighted by Crippen LogP contribution is 2.27. The molecule has 1 aliphatic rings. The lowest BCUT2D eigenvalue weighted by Gasteiger charge is -2.07. The van der Waals surface area contributed by atoms with Crippen molar-refractivity contribution in [2.75, 3.05) is 5.32 Å². The predicted molar refractivity (Wildman–Crippen MR) is 77.6 cm³/mol. The number of amides is 1. The SMILES string of the molecule is O=C(Nc1ccc2c(c1)COC2)c1ccc([N+](=O)[O-])c(O)c1. The van der Waals surface area contributed by atoms with Crippen LogP contribution in [-0.4, -0.2) is 15.9 Å². The maximum absolute atomic E-state index is 12.1. The highest BCUT2D eigenvalue weighted by molar-refractivity contribution is 6.04. The van der Waals surface area contributed by atoms with E-state index < -0.39 is 22.3 Å². The first-order chi connectivity index (χ1) is 10.5. The fourth-order valence-corrected chi connectivity index (χ4v) is 2.27. The molecule has 22 heavy (non-hydrogen) atoms. The number of rotatable bonds is 3. The molecule has 0 bridgehead atoms. The second-order valence-electron chi connectivity index (χ2n) is 4.89. The van der Waals surface area contributed by atoms with Crippen LogP contribution in [0.3, 0.4) is 0 Å². The molecule has 112 valence electrons. The third kappa shape index (κ3) is 2.61. The summed E-state index contributed by atoms with van der Waals surface area (Å²) in [6, 6.07) is 8.93. The lowest BCUT2D eigenvalue weighted by molar-refractivity contribution is -0.385. The Hall–Kier alpha value is -2.93.